The highest BCUT2D eigenvalue weighted by atomic mass is 16.5. The average molecular weight is 342 g/mol. The van der Waals surface area contributed by atoms with Crippen LogP contribution in [0.25, 0.3) is 0 Å². The van der Waals surface area contributed by atoms with Crippen molar-refractivity contribution < 1.29 is 19.5 Å². The Kier molecular flexibility index (Phi) is 6.71. The van der Waals surface area contributed by atoms with Gasteiger partial charge in [0.1, 0.15) is 25.8 Å². The van der Waals surface area contributed by atoms with Crippen LogP contribution in [0.15, 0.2) is 48.5 Å². The topological polar surface area (TPSA) is 44.3 Å². The lowest BCUT2D eigenvalue weighted by Gasteiger charge is -2.16. The van der Waals surface area contributed by atoms with E-state index in [4.69, 9.17) is 14.2 Å². The summed E-state index contributed by atoms with van der Waals surface area (Å²) < 4.78 is 17.6. The van der Waals surface area contributed by atoms with E-state index in [0.29, 0.717) is 19.3 Å². The summed E-state index contributed by atoms with van der Waals surface area (Å²) in [5.41, 5.74) is 2.32. The van der Waals surface area contributed by atoms with E-state index in [0.717, 1.165) is 36.8 Å². The summed E-state index contributed by atoms with van der Waals surface area (Å²) in [5.74, 6) is 1.68. The quantitative estimate of drug-likeness (QED) is 0.762. The van der Waals surface area contributed by atoms with Gasteiger partial charge in [-0.15, -0.1) is 0 Å². The van der Waals surface area contributed by atoms with Crippen LogP contribution in [0.5, 0.6) is 11.5 Å². The lowest BCUT2D eigenvalue weighted by Crippen LogP contribution is -2.84. The van der Waals surface area contributed by atoms with Crippen LogP contribution in [-0.4, -0.2) is 25.9 Å². The Hall–Kier alpha value is -2.04. The van der Waals surface area contributed by atoms with Gasteiger partial charge in [0.15, 0.2) is 11.5 Å². The molecule has 0 aliphatic carbocycles. The molecule has 1 heterocycles. The number of benzene rings is 2. The minimum absolute atomic E-state index is 0.392. The predicted molar refractivity (Wildman–Crippen MR) is 97.9 cm³/mol. The first-order chi connectivity index (χ1) is 12.4. The summed E-state index contributed by atoms with van der Waals surface area (Å²) in [4.78, 5) is 0. The Morgan fingerprint density at radius 2 is 1.96 bits per heavy atom. The summed E-state index contributed by atoms with van der Waals surface area (Å²) >= 11 is 0. The third kappa shape index (κ3) is 5.21. The van der Waals surface area contributed by atoms with E-state index in [1.54, 1.807) is 0 Å². The molecule has 0 aromatic heterocycles. The SMILES string of the molecule is CCOc1cccc(C[NH2+]C[C@@H]2CCCO2)c1OCc1ccccc1. The second-order valence-corrected chi connectivity index (χ2v) is 6.32. The fraction of sp³-hybridized carbons (Fsp3) is 0.429. The summed E-state index contributed by atoms with van der Waals surface area (Å²) in [7, 11) is 0. The smallest absolute Gasteiger partial charge is 0.170 e. The number of hydrogen-bond acceptors (Lipinski definition) is 3. The van der Waals surface area contributed by atoms with E-state index in [1.807, 2.05) is 37.3 Å². The summed E-state index contributed by atoms with van der Waals surface area (Å²) in [6, 6.07) is 16.4. The minimum Gasteiger partial charge on any atom is -0.490 e. The lowest BCUT2D eigenvalue weighted by atomic mass is 10.1. The molecule has 0 spiro atoms. The molecule has 0 saturated carbocycles. The number of nitrogens with two attached hydrogens (primary N) is 1. The first kappa shape index (κ1) is 17.8. The van der Waals surface area contributed by atoms with Gasteiger partial charge in [0.25, 0.3) is 0 Å². The van der Waals surface area contributed by atoms with E-state index in [9.17, 15) is 0 Å². The summed E-state index contributed by atoms with van der Waals surface area (Å²) in [6.07, 6.45) is 2.75. The average Bonchev–Trinajstić information content (AvgIpc) is 3.16. The van der Waals surface area contributed by atoms with Gasteiger partial charge in [-0.2, -0.15) is 0 Å². The van der Waals surface area contributed by atoms with Crippen LogP contribution in [0.1, 0.15) is 30.9 Å². The molecule has 0 unspecified atom stereocenters. The molecule has 0 amide bonds. The highest BCUT2D eigenvalue weighted by molar-refractivity contribution is 5.46. The van der Waals surface area contributed by atoms with E-state index >= 15 is 0 Å². The monoisotopic (exact) mass is 342 g/mol. The first-order valence-electron chi connectivity index (χ1n) is 9.21. The van der Waals surface area contributed by atoms with Gasteiger partial charge in [0.05, 0.1) is 12.2 Å². The van der Waals surface area contributed by atoms with Gasteiger partial charge in [-0.1, -0.05) is 36.4 Å². The zero-order valence-electron chi connectivity index (χ0n) is 14.9. The van der Waals surface area contributed by atoms with Gasteiger partial charge >= 0.3 is 0 Å². The van der Waals surface area contributed by atoms with Gasteiger partial charge in [-0.3, -0.25) is 0 Å². The van der Waals surface area contributed by atoms with E-state index < -0.39 is 0 Å². The fourth-order valence-electron chi connectivity index (χ4n) is 3.14. The number of hydrogen-bond donors (Lipinski definition) is 1. The van der Waals surface area contributed by atoms with Crippen molar-refractivity contribution in [3.05, 3.63) is 59.7 Å². The molecule has 25 heavy (non-hydrogen) atoms. The molecule has 0 bridgehead atoms. The molecular weight excluding hydrogens is 314 g/mol. The molecule has 4 heteroatoms. The minimum atomic E-state index is 0.392. The van der Waals surface area contributed by atoms with E-state index in [2.05, 4.69) is 23.5 Å². The molecule has 2 aromatic rings. The standard InChI is InChI=1S/C21H27NO3/c1-2-23-20-12-6-10-18(14-22-15-19-11-7-13-24-19)21(20)25-16-17-8-4-3-5-9-17/h3-6,8-10,12,19,22H,2,7,11,13-16H2,1H3/p+1/t19-/m0/s1. The highest BCUT2D eigenvalue weighted by Gasteiger charge is 2.18. The molecular formula is C21H28NO3+. The fourth-order valence-corrected chi connectivity index (χ4v) is 3.14. The van der Waals surface area contributed by atoms with Crippen molar-refractivity contribution in [2.24, 2.45) is 0 Å². The van der Waals surface area contributed by atoms with Crippen LogP contribution < -0.4 is 14.8 Å². The molecule has 4 nitrogen and oxygen atoms in total. The third-order valence-corrected chi connectivity index (χ3v) is 4.40. The van der Waals surface area contributed by atoms with Crippen LogP contribution >= 0.6 is 0 Å². The maximum atomic E-state index is 6.15. The zero-order valence-corrected chi connectivity index (χ0v) is 14.9. The van der Waals surface area contributed by atoms with Crippen LogP contribution in [0, 0.1) is 0 Å². The van der Waals surface area contributed by atoms with Crippen molar-refractivity contribution in [3.63, 3.8) is 0 Å². The maximum Gasteiger partial charge on any atom is 0.170 e. The van der Waals surface area contributed by atoms with Gasteiger partial charge in [0, 0.05) is 6.61 Å². The van der Waals surface area contributed by atoms with Crippen LogP contribution in [0.2, 0.25) is 0 Å². The van der Waals surface area contributed by atoms with Crippen LogP contribution in [-0.2, 0) is 17.9 Å². The molecule has 1 aliphatic rings. The molecule has 0 radical (unpaired) electrons. The largest absolute Gasteiger partial charge is 0.490 e. The highest BCUT2D eigenvalue weighted by Crippen LogP contribution is 2.31. The molecule has 3 rings (SSSR count). The van der Waals surface area contributed by atoms with E-state index in [-0.39, 0.29) is 0 Å². The second kappa shape index (κ2) is 9.44. The van der Waals surface area contributed by atoms with E-state index in [1.165, 1.54) is 18.4 Å². The number of para-hydroxylation sites is 1. The predicted octanol–water partition coefficient (Wildman–Crippen LogP) is 2.91. The maximum absolute atomic E-state index is 6.15. The number of quaternary nitrogens is 1. The van der Waals surface area contributed by atoms with Crippen LogP contribution in [0.3, 0.4) is 0 Å². The van der Waals surface area contributed by atoms with Crippen molar-refractivity contribution >= 4 is 0 Å². The summed E-state index contributed by atoms with van der Waals surface area (Å²) in [5, 5.41) is 2.30. The Balaban J connectivity index is 1.66. The van der Waals surface area contributed by atoms with Crippen molar-refractivity contribution in [2.45, 2.75) is 39.0 Å². The lowest BCUT2D eigenvalue weighted by molar-refractivity contribution is -0.676. The molecule has 2 N–H and O–H groups in total. The van der Waals surface area contributed by atoms with Crippen molar-refractivity contribution in [1.29, 1.82) is 0 Å². The normalized spacial score (nSPS) is 16.8. The Morgan fingerprint density at radius 1 is 1.08 bits per heavy atom. The molecule has 1 saturated heterocycles. The first-order valence-corrected chi connectivity index (χ1v) is 9.21. The number of ether oxygens (including phenoxy) is 3. The van der Waals surface area contributed by atoms with Crippen molar-refractivity contribution in [1.82, 2.24) is 0 Å². The molecule has 2 aromatic carbocycles. The molecule has 134 valence electrons. The molecule has 1 aliphatic heterocycles. The van der Waals surface area contributed by atoms with Crippen molar-refractivity contribution in [2.75, 3.05) is 19.8 Å². The summed E-state index contributed by atoms with van der Waals surface area (Å²) in [6.45, 7) is 5.94. The second-order valence-electron chi connectivity index (χ2n) is 6.32. The van der Waals surface area contributed by atoms with Crippen LogP contribution in [0.4, 0.5) is 0 Å². The Bertz CT molecular complexity index is 639. The van der Waals surface area contributed by atoms with Gasteiger partial charge in [-0.25, -0.2) is 0 Å². The molecule has 1 fully saturated rings. The third-order valence-electron chi connectivity index (χ3n) is 4.40. The molecule has 1 atom stereocenters. The Labute approximate surface area is 150 Å². The van der Waals surface area contributed by atoms with Gasteiger partial charge < -0.3 is 19.5 Å². The zero-order chi connectivity index (χ0) is 17.3. The number of rotatable bonds is 9. The van der Waals surface area contributed by atoms with Gasteiger partial charge in [0.2, 0.25) is 0 Å². The van der Waals surface area contributed by atoms with Gasteiger partial charge in [-0.05, 0) is 37.5 Å². The van der Waals surface area contributed by atoms with Crippen molar-refractivity contribution in [3.8, 4) is 11.5 Å². The Morgan fingerprint density at radius 3 is 2.72 bits per heavy atom.